The molecule has 1 unspecified atom stereocenters. The topological polar surface area (TPSA) is 46.8 Å². The summed E-state index contributed by atoms with van der Waals surface area (Å²) < 4.78 is 1.77. The number of hydrogen-bond donors (Lipinski definition) is 0. The van der Waals surface area contributed by atoms with Crippen molar-refractivity contribution in [3.05, 3.63) is 64.7 Å². The summed E-state index contributed by atoms with van der Waals surface area (Å²) in [5, 5.41) is 12.9. The van der Waals surface area contributed by atoms with Crippen molar-refractivity contribution in [2.75, 3.05) is 11.4 Å². The van der Waals surface area contributed by atoms with E-state index in [4.69, 9.17) is 11.6 Å². The van der Waals surface area contributed by atoms with Crippen molar-refractivity contribution in [3.63, 3.8) is 0 Å². The van der Waals surface area contributed by atoms with E-state index >= 15 is 0 Å². The molecule has 0 radical (unpaired) electrons. The quantitative estimate of drug-likeness (QED) is 0.729. The van der Waals surface area contributed by atoms with Gasteiger partial charge in [-0.15, -0.1) is 0 Å². The van der Waals surface area contributed by atoms with Crippen molar-refractivity contribution in [2.45, 2.75) is 13.0 Å². The van der Waals surface area contributed by atoms with Gasteiger partial charge in [-0.25, -0.2) is 0 Å². The van der Waals surface area contributed by atoms with Crippen LogP contribution in [0.5, 0.6) is 0 Å². The van der Waals surface area contributed by atoms with Crippen LogP contribution in [0.4, 0.5) is 5.95 Å². The standard InChI is InChI=1S/C16H14ClN5/c1-2-21-15(11-6-4-3-5-7-11)13-10-12(17)8-9-14(13)22-16(21)18-19-20-22/h3-10,15H,2H2,1H3. The third-order valence-electron chi connectivity index (χ3n) is 3.99. The molecule has 5 nitrogen and oxygen atoms in total. The fourth-order valence-electron chi connectivity index (χ4n) is 3.06. The number of benzene rings is 2. The molecule has 0 spiro atoms. The lowest BCUT2D eigenvalue weighted by Gasteiger charge is -2.36. The summed E-state index contributed by atoms with van der Waals surface area (Å²) in [6, 6.07) is 16.3. The van der Waals surface area contributed by atoms with Gasteiger partial charge in [-0.3, -0.25) is 0 Å². The number of hydrogen-bond acceptors (Lipinski definition) is 4. The number of fused-ring (bicyclic) bond motifs is 3. The van der Waals surface area contributed by atoms with E-state index in [2.05, 4.69) is 39.5 Å². The zero-order valence-corrected chi connectivity index (χ0v) is 12.8. The largest absolute Gasteiger partial charge is 0.328 e. The Hall–Kier alpha value is -2.40. The maximum Gasteiger partial charge on any atom is 0.251 e. The van der Waals surface area contributed by atoms with Crippen molar-refractivity contribution < 1.29 is 0 Å². The summed E-state index contributed by atoms with van der Waals surface area (Å²) in [7, 11) is 0. The molecule has 0 aliphatic carbocycles. The zero-order valence-electron chi connectivity index (χ0n) is 12.0. The second-order valence-electron chi connectivity index (χ2n) is 5.19. The van der Waals surface area contributed by atoms with E-state index in [1.807, 2.05) is 36.4 Å². The highest BCUT2D eigenvalue weighted by Crippen LogP contribution is 2.40. The molecule has 2 aromatic carbocycles. The summed E-state index contributed by atoms with van der Waals surface area (Å²) >= 11 is 6.24. The minimum atomic E-state index is 0.0541. The molecule has 2 heterocycles. The van der Waals surface area contributed by atoms with Crippen molar-refractivity contribution in [2.24, 2.45) is 0 Å². The molecule has 110 valence electrons. The van der Waals surface area contributed by atoms with Gasteiger partial charge in [0.15, 0.2) is 0 Å². The van der Waals surface area contributed by atoms with Gasteiger partial charge in [-0.05, 0) is 41.1 Å². The predicted octanol–water partition coefficient (Wildman–Crippen LogP) is 3.25. The Labute approximate surface area is 133 Å². The summed E-state index contributed by atoms with van der Waals surface area (Å²) in [6.07, 6.45) is 0. The number of halogens is 1. The van der Waals surface area contributed by atoms with Crippen LogP contribution in [0, 0.1) is 0 Å². The van der Waals surface area contributed by atoms with E-state index in [0.717, 1.165) is 23.7 Å². The SMILES string of the molecule is CCN1c2nnnn2-c2ccc(Cl)cc2C1c1ccccc1. The highest BCUT2D eigenvalue weighted by atomic mass is 35.5. The van der Waals surface area contributed by atoms with Gasteiger partial charge < -0.3 is 4.90 Å². The van der Waals surface area contributed by atoms with Crippen molar-refractivity contribution in [3.8, 4) is 5.69 Å². The first-order chi connectivity index (χ1) is 10.8. The van der Waals surface area contributed by atoms with Crippen LogP contribution in [-0.2, 0) is 0 Å². The lowest BCUT2D eigenvalue weighted by atomic mass is 9.94. The normalized spacial score (nSPS) is 16.3. The van der Waals surface area contributed by atoms with Gasteiger partial charge in [0.25, 0.3) is 5.95 Å². The fourth-order valence-corrected chi connectivity index (χ4v) is 3.24. The first-order valence-electron chi connectivity index (χ1n) is 7.19. The summed E-state index contributed by atoms with van der Waals surface area (Å²) in [6.45, 7) is 2.90. The molecule has 3 aromatic rings. The Balaban J connectivity index is 2.00. The Morgan fingerprint density at radius 3 is 2.73 bits per heavy atom. The number of aromatic nitrogens is 4. The van der Waals surface area contributed by atoms with Crippen LogP contribution in [0.15, 0.2) is 48.5 Å². The Bertz CT molecular complexity index is 814. The molecule has 22 heavy (non-hydrogen) atoms. The van der Waals surface area contributed by atoms with E-state index in [1.165, 1.54) is 5.56 Å². The molecule has 0 saturated carbocycles. The number of anilines is 1. The molecule has 6 heteroatoms. The van der Waals surface area contributed by atoms with E-state index in [9.17, 15) is 0 Å². The highest BCUT2D eigenvalue weighted by molar-refractivity contribution is 6.30. The van der Waals surface area contributed by atoms with Crippen LogP contribution >= 0.6 is 11.6 Å². The second kappa shape index (κ2) is 5.10. The second-order valence-corrected chi connectivity index (χ2v) is 5.63. The van der Waals surface area contributed by atoms with Crippen LogP contribution in [-0.4, -0.2) is 26.8 Å². The van der Waals surface area contributed by atoms with Crippen LogP contribution in [0.25, 0.3) is 5.69 Å². The highest BCUT2D eigenvalue weighted by Gasteiger charge is 2.33. The van der Waals surface area contributed by atoms with Crippen LogP contribution < -0.4 is 4.90 Å². The van der Waals surface area contributed by atoms with Gasteiger partial charge in [0.05, 0.1) is 11.7 Å². The third-order valence-corrected chi connectivity index (χ3v) is 4.23. The Morgan fingerprint density at radius 1 is 1.14 bits per heavy atom. The van der Waals surface area contributed by atoms with Crippen molar-refractivity contribution in [1.82, 2.24) is 20.2 Å². The average molecular weight is 312 g/mol. The molecule has 4 rings (SSSR count). The maximum absolute atomic E-state index is 6.24. The van der Waals surface area contributed by atoms with Gasteiger partial charge in [-0.1, -0.05) is 47.0 Å². The fraction of sp³-hybridized carbons (Fsp3) is 0.188. The number of tetrazole rings is 1. The molecule has 0 amide bonds. The van der Waals surface area contributed by atoms with Gasteiger partial charge in [-0.2, -0.15) is 4.68 Å². The third kappa shape index (κ3) is 1.89. The van der Waals surface area contributed by atoms with E-state index in [1.54, 1.807) is 4.68 Å². The monoisotopic (exact) mass is 311 g/mol. The Morgan fingerprint density at radius 2 is 1.95 bits per heavy atom. The number of rotatable bonds is 2. The summed E-state index contributed by atoms with van der Waals surface area (Å²) in [5.41, 5.74) is 3.28. The molecule has 1 aliphatic rings. The average Bonchev–Trinajstić information content (AvgIpc) is 3.03. The van der Waals surface area contributed by atoms with E-state index < -0.39 is 0 Å². The number of nitrogens with zero attached hydrogens (tertiary/aromatic N) is 5. The minimum Gasteiger partial charge on any atom is -0.328 e. The predicted molar refractivity (Wildman–Crippen MR) is 85.5 cm³/mol. The lowest BCUT2D eigenvalue weighted by Crippen LogP contribution is -2.36. The molecule has 0 fully saturated rings. The van der Waals surface area contributed by atoms with Crippen LogP contribution in [0.3, 0.4) is 0 Å². The van der Waals surface area contributed by atoms with Crippen LogP contribution in [0.2, 0.25) is 5.02 Å². The first-order valence-corrected chi connectivity index (χ1v) is 7.57. The van der Waals surface area contributed by atoms with Crippen molar-refractivity contribution >= 4 is 17.5 Å². The van der Waals surface area contributed by atoms with E-state index in [-0.39, 0.29) is 6.04 Å². The van der Waals surface area contributed by atoms with E-state index in [0.29, 0.717) is 5.02 Å². The molecule has 1 aromatic heterocycles. The summed E-state index contributed by atoms with van der Waals surface area (Å²) in [4.78, 5) is 2.19. The van der Waals surface area contributed by atoms with Crippen molar-refractivity contribution in [1.29, 1.82) is 0 Å². The van der Waals surface area contributed by atoms with Gasteiger partial charge >= 0.3 is 0 Å². The molecule has 1 atom stereocenters. The smallest absolute Gasteiger partial charge is 0.251 e. The molecule has 1 aliphatic heterocycles. The molecule has 0 N–H and O–H groups in total. The zero-order chi connectivity index (χ0) is 15.1. The maximum atomic E-state index is 6.24. The lowest BCUT2D eigenvalue weighted by molar-refractivity contribution is 0.643. The van der Waals surface area contributed by atoms with Gasteiger partial charge in [0, 0.05) is 17.1 Å². The summed E-state index contributed by atoms with van der Waals surface area (Å²) in [5.74, 6) is 0.756. The molecular weight excluding hydrogens is 298 g/mol. The molecule has 0 saturated heterocycles. The van der Waals surface area contributed by atoms with Crippen LogP contribution in [0.1, 0.15) is 24.1 Å². The van der Waals surface area contributed by atoms with Gasteiger partial charge in [0.2, 0.25) is 0 Å². The molecule has 0 bridgehead atoms. The first kappa shape index (κ1) is 13.3. The molecular formula is C16H14ClN5. The Kier molecular flexibility index (Phi) is 3.08. The van der Waals surface area contributed by atoms with Gasteiger partial charge in [0.1, 0.15) is 0 Å². The minimum absolute atomic E-state index is 0.0541.